The standard InChI is InChI=1S/C56H84N12O14/c1-10-29(7)45(54(79)67-46(56(81)82)30(8)11-2)66-51(76)40(24-33-26-60-37-15-13-12-14-35(33)37)62-49(74)38(20-21-42(58)71)61-50(75)39(23-32-16-18-34(70)19-17-32)63-55(80)47(31(9)69)68-52(77)41(25-43(59)72)64-53(78)44(28(5)6)65-48(73)36(57)22-27(3)4/h12-19,26-31,36,38-41,44-47,60,69-70H,10-11,20-25,57H2,1-9H3,(H2,58,71)(H2,59,72)(H,61,75)(H,62,74)(H,63,80)(H,64,78)(H,65,73)(H,66,76)(H,67,79)(H,68,77)(H,81,82)/t29-,30-,31+,36-,38-,39-,40-,41-,44-,45-,46-,47-/m0/s1. The Kier molecular flexibility index (Phi) is 26.9. The van der Waals surface area contributed by atoms with E-state index in [9.17, 15) is 68.1 Å². The molecule has 0 aliphatic rings. The van der Waals surface area contributed by atoms with E-state index < -0.39 is 163 Å². The fraction of sp³-hybridized carbons (Fsp3) is 0.554. The van der Waals surface area contributed by atoms with Gasteiger partial charge in [0.15, 0.2) is 0 Å². The van der Waals surface area contributed by atoms with Crippen LogP contribution in [-0.4, -0.2) is 146 Å². The first-order valence-electron chi connectivity index (χ1n) is 27.5. The molecule has 0 bridgehead atoms. The van der Waals surface area contributed by atoms with Gasteiger partial charge in [0.1, 0.15) is 54.1 Å². The molecule has 12 atom stereocenters. The molecule has 0 radical (unpaired) electrons. The van der Waals surface area contributed by atoms with Gasteiger partial charge < -0.3 is 80.0 Å². The first kappa shape index (κ1) is 68.1. The van der Waals surface area contributed by atoms with E-state index in [1.165, 1.54) is 24.3 Å². The third-order valence-electron chi connectivity index (χ3n) is 14.0. The molecular weight excluding hydrogens is 1060 g/mol. The van der Waals surface area contributed by atoms with Crippen LogP contribution in [0.5, 0.6) is 5.75 Å². The summed E-state index contributed by atoms with van der Waals surface area (Å²) in [5.41, 5.74) is 18.6. The highest BCUT2D eigenvalue weighted by molar-refractivity contribution is 5.99. The first-order chi connectivity index (χ1) is 38.5. The molecule has 0 aliphatic heterocycles. The number of aromatic hydroxyl groups is 1. The number of fused-ring (bicyclic) bond motifs is 1. The molecular formula is C56H84N12O14. The number of H-pyrrole nitrogens is 1. The molecule has 3 rings (SSSR count). The monoisotopic (exact) mass is 1150 g/mol. The van der Waals surface area contributed by atoms with Crippen LogP contribution in [0.25, 0.3) is 10.9 Å². The second-order valence-electron chi connectivity index (χ2n) is 21.6. The van der Waals surface area contributed by atoms with Crippen LogP contribution in [0.4, 0.5) is 0 Å². The lowest BCUT2D eigenvalue weighted by Crippen LogP contribution is -2.63. The van der Waals surface area contributed by atoms with Crippen LogP contribution in [0.2, 0.25) is 0 Å². The van der Waals surface area contributed by atoms with E-state index in [0.29, 0.717) is 41.3 Å². The molecule has 82 heavy (non-hydrogen) atoms. The van der Waals surface area contributed by atoms with E-state index in [1.54, 1.807) is 72.0 Å². The van der Waals surface area contributed by atoms with Crippen LogP contribution in [-0.2, 0) is 65.6 Å². The minimum atomic E-state index is -1.91. The molecule has 1 heterocycles. The molecule has 0 fully saturated rings. The minimum Gasteiger partial charge on any atom is -0.508 e. The number of carboxylic acid groups (broad SMARTS) is 1. The Morgan fingerprint density at radius 3 is 1.59 bits per heavy atom. The van der Waals surface area contributed by atoms with E-state index in [0.717, 1.165) is 6.92 Å². The Bertz CT molecular complexity index is 2710. The van der Waals surface area contributed by atoms with Gasteiger partial charge in [-0.3, -0.25) is 47.9 Å². The molecule has 1 aromatic heterocycles. The van der Waals surface area contributed by atoms with Crippen molar-refractivity contribution >= 4 is 75.9 Å². The molecule has 0 spiro atoms. The van der Waals surface area contributed by atoms with Gasteiger partial charge in [-0.25, -0.2) is 4.79 Å². The average Bonchev–Trinajstić information content (AvgIpc) is 3.82. The van der Waals surface area contributed by atoms with Crippen LogP contribution in [0.1, 0.15) is 112 Å². The van der Waals surface area contributed by atoms with Crippen molar-refractivity contribution in [1.29, 1.82) is 0 Å². The number of aliphatic hydroxyl groups excluding tert-OH is 1. The van der Waals surface area contributed by atoms with Gasteiger partial charge in [-0.15, -0.1) is 0 Å². The number of hydrogen-bond acceptors (Lipinski definition) is 14. The topological polar surface area (TPSA) is 439 Å². The number of nitrogens with one attached hydrogen (secondary N) is 9. The molecule has 0 aliphatic carbocycles. The van der Waals surface area contributed by atoms with Crippen molar-refractivity contribution in [2.45, 2.75) is 174 Å². The third kappa shape index (κ3) is 21.1. The van der Waals surface area contributed by atoms with Gasteiger partial charge in [-0.05, 0) is 72.8 Å². The quantitative estimate of drug-likeness (QED) is 0.0350. The number of amides is 10. The van der Waals surface area contributed by atoms with Crippen molar-refractivity contribution in [3.8, 4) is 5.75 Å². The Hall–Kier alpha value is -8.13. The molecule has 0 saturated carbocycles. The smallest absolute Gasteiger partial charge is 0.326 e. The number of benzene rings is 2. The van der Waals surface area contributed by atoms with Crippen molar-refractivity contribution < 1.29 is 68.1 Å². The molecule has 2 aromatic carbocycles. The lowest BCUT2D eigenvalue weighted by molar-refractivity contribution is -0.144. The maximum absolute atomic E-state index is 14.6. The highest BCUT2D eigenvalue weighted by atomic mass is 16.4. The summed E-state index contributed by atoms with van der Waals surface area (Å²) in [6.45, 7) is 14.9. The van der Waals surface area contributed by atoms with Gasteiger partial charge in [0.25, 0.3) is 0 Å². The summed E-state index contributed by atoms with van der Waals surface area (Å²) in [6.07, 6.45) is -1.35. The molecule has 26 heteroatoms. The average molecular weight is 1150 g/mol. The van der Waals surface area contributed by atoms with Crippen molar-refractivity contribution in [2.75, 3.05) is 0 Å². The number of para-hydroxylation sites is 1. The van der Waals surface area contributed by atoms with Crippen molar-refractivity contribution in [3.63, 3.8) is 0 Å². The SMILES string of the molecule is CC[C@H](C)[C@H](NC(=O)[C@@H](NC(=O)[C@H](Cc1c[nH]c2ccccc12)NC(=O)[C@H](CCC(N)=O)NC(=O)[C@H](Cc1ccc(O)cc1)NC(=O)[C@@H](NC(=O)[C@H](CC(N)=O)NC(=O)[C@@H](NC(=O)[C@@H](N)CC(C)C)C(C)C)[C@@H](C)O)[C@@H](C)CC)C(=O)O. The number of carboxylic acids is 1. The van der Waals surface area contributed by atoms with Crippen molar-refractivity contribution in [1.82, 2.24) is 47.5 Å². The number of aliphatic carboxylic acids is 1. The van der Waals surface area contributed by atoms with Crippen LogP contribution in [0, 0.1) is 23.7 Å². The number of hydrogen-bond donors (Lipinski definition) is 15. The zero-order valence-electron chi connectivity index (χ0n) is 48.0. The van der Waals surface area contributed by atoms with Gasteiger partial charge >= 0.3 is 5.97 Å². The molecule has 0 saturated heterocycles. The number of aromatic amines is 1. The highest BCUT2D eigenvalue weighted by Gasteiger charge is 2.38. The molecule has 10 amide bonds. The Morgan fingerprint density at radius 2 is 1.02 bits per heavy atom. The van der Waals surface area contributed by atoms with Gasteiger partial charge in [0.2, 0.25) is 59.1 Å². The van der Waals surface area contributed by atoms with E-state index >= 15 is 0 Å². The molecule has 26 nitrogen and oxygen atoms in total. The first-order valence-corrected chi connectivity index (χ1v) is 27.5. The van der Waals surface area contributed by atoms with E-state index in [4.69, 9.17) is 17.2 Å². The predicted molar refractivity (Wildman–Crippen MR) is 302 cm³/mol. The summed E-state index contributed by atoms with van der Waals surface area (Å²) in [5.74, 6) is -12.6. The zero-order valence-corrected chi connectivity index (χ0v) is 48.0. The van der Waals surface area contributed by atoms with Crippen LogP contribution >= 0.6 is 0 Å². The number of phenolic OH excluding ortho intramolecular Hbond substituents is 1. The number of phenols is 1. The van der Waals surface area contributed by atoms with Crippen molar-refractivity contribution in [3.05, 3.63) is 65.9 Å². The fourth-order valence-corrected chi connectivity index (χ4v) is 8.79. The van der Waals surface area contributed by atoms with E-state index in [1.807, 2.05) is 13.8 Å². The van der Waals surface area contributed by atoms with Crippen LogP contribution in [0.3, 0.4) is 0 Å². The minimum absolute atomic E-state index is 0.0442. The number of primary amides is 2. The highest BCUT2D eigenvalue weighted by Crippen LogP contribution is 2.21. The summed E-state index contributed by atoms with van der Waals surface area (Å²) < 4.78 is 0. The number of carbonyl (C=O) groups is 11. The number of carbonyl (C=O) groups excluding carboxylic acids is 10. The lowest BCUT2D eigenvalue weighted by atomic mass is 9.94. The summed E-state index contributed by atoms with van der Waals surface area (Å²) in [4.78, 5) is 152. The fourth-order valence-electron chi connectivity index (χ4n) is 8.79. The van der Waals surface area contributed by atoms with Gasteiger partial charge in [-0.1, -0.05) is 98.6 Å². The maximum Gasteiger partial charge on any atom is 0.326 e. The normalized spacial score (nSPS) is 15.8. The van der Waals surface area contributed by atoms with E-state index in [2.05, 4.69) is 47.5 Å². The maximum atomic E-state index is 14.6. The second-order valence-corrected chi connectivity index (χ2v) is 21.6. The molecule has 0 unspecified atom stereocenters. The Labute approximate surface area is 476 Å². The summed E-state index contributed by atoms with van der Waals surface area (Å²) in [6, 6.07) is -0.814. The molecule has 452 valence electrons. The zero-order chi connectivity index (χ0) is 61.7. The summed E-state index contributed by atoms with van der Waals surface area (Å²) in [7, 11) is 0. The third-order valence-corrected chi connectivity index (χ3v) is 14.0. The second kappa shape index (κ2) is 32.3. The lowest BCUT2D eigenvalue weighted by Gasteiger charge is -2.30. The molecule has 3 aromatic rings. The van der Waals surface area contributed by atoms with Crippen molar-refractivity contribution in [2.24, 2.45) is 40.9 Å². The van der Waals surface area contributed by atoms with E-state index in [-0.39, 0.29) is 24.5 Å². The Balaban J connectivity index is 2.03. The van der Waals surface area contributed by atoms with Gasteiger partial charge in [-0.2, -0.15) is 0 Å². The number of aliphatic hydroxyl groups is 1. The molecule has 18 N–H and O–H groups in total. The van der Waals surface area contributed by atoms with Crippen LogP contribution in [0.15, 0.2) is 54.7 Å². The van der Waals surface area contributed by atoms with Gasteiger partial charge in [0.05, 0.1) is 18.6 Å². The largest absolute Gasteiger partial charge is 0.508 e. The number of rotatable bonds is 34. The number of aromatic nitrogens is 1. The van der Waals surface area contributed by atoms with Crippen LogP contribution < -0.4 is 59.7 Å². The Morgan fingerprint density at radius 1 is 0.549 bits per heavy atom. The summed E-state index contributed by atoms with van der Waals surface area (Å²) in [5, 5.41) is 51.8. The predicted octanol–water partition coefficient (Wildman–Crippen LogP) is -0.735. The summed E-state index contributed by atoms with van der Waals surface area (Å²) >= 11 is 0. The number of nitrogens with two attached hydrogens (primary N) is 3. The van der Waals surface area contributed by atoms with Gasteiger partial charge in [0, 0.05) is 36.4 Å².